The van der Waals surface area contributed by atoms with Gasteiger partial charge in [-0.25, -0.2) is 4.98 Å². The first-order valence-electron chi connectivity index (χ1n) is 13.4. The number of aryl methyl sites for hydroxylation is 1. The molecule has 0 spiro atoms. The number of aliphatic hydroxyl groups is 1. The molecule has 0 saturated heterocycles. The van der Waals surface area contributed by atoms with Crippen molar-refractivity contribution in [2.45, 2.75) is 44.0 Å². The maximum absolute atomic E-state index is 13.8. The predicted molar refractivity (Wildman–Crippen MR) is 148 cm³/mol. The number of amides is 1. The van der Waals surface area contributed by atoms with E-state index in [9.17, 15) is 28.3 Å². The van der Waals surface area contributed by atoms with Crippen molar-refractivity contribution in [1.82, 2.24) is 19.7 Å². The van der Waals surface area contributed by atoms with Gasteiger partial charge in [0.2, 0.25) is 0 Å². The number of hydrogen-bond acceptors (Lipinski definition) is 7. The summed E-state index contributed by atoms with van der Waals surface area (Å²) in [6.07, 6.45) is -0.00554. The van der Waals surface area contributed by atoms with Gasteiger partial charge in [0.25, 0.3) is 5.91 Å². The summed E-state index contributed by atoms with van der Waals surface area (Å²) in [4.78, 5) is 19.3. The van der Waals surface area contributed by atoms with Crippen molar-refractivity contribution in [3.05, 3.63) is 77.1 Å². The maximum atomic E-state index is 13.8. The Bertz CT molecular complexity index is 1740. The van der Waals surface area contributed by atoms with Crippen molar-refractivity contribution in [3.63, 3.8) is 0 Å². The molecule has 3 heterocycles. The second kappa shape index (κ2) is 10.3. The van der Waals surface area contributed by atoms with Crippen LogP contribution in [-0.4, -0.2) is 42.9 Å². The van der Waals surface area contributed by atoms with E-state index < -0.39 is 23.2 Å². The highest BCUT2D eigenvalue weighted by Crippen LogP contribution is 2.40. The Balaban J connectivity index is 1.48. The van der Waals surface area contributed by atoms with Crippen LogP contribution in [0.4, 0.5) is 24.8 Å². The number of anilines is 2. The highest BCUT2D eigenvalue weighted by molar-refractivity contribution is 6.10. The molecular weight excluding hydrogens is 547 g/mol. The number of carbonyl (C=O) groups excluding carboxylic acids is 1. The van der Waals surface area contributed by atoms with E-state index in [0.717, 1.165) is 18.9 Å². The number of rotatable bonds is 6. The van der Waals surface area contributed by atoms with Crippen LogP contribution in [0.5, 0.6) is 0 Å². The molecule has 0 atom stereocenters. The minimum Gasteiger partial charge on any atom is -0.388 e. The van der Waals surface area contributed by atoms with Crippen LogP contribution in [0.25, 0.3) is 22.5 Å². The van der Waals surface area contributed by atoms with Crippen molar-refractivity contribution < 1.29 is 23.1 Å². The van der Waals surface area contributed by atoms with Crippen LogP contribution >= 0.6 is 0 Å². The fourth-order valence-corrected chi connectivity index (χ4v) is 5.72. The Labute approximate surface area is 239 Å². The van der Waals surface area contributed by atoms with E-state index in [4.69, 9.17) is 0 Å². The summed E-state index contributed by atoms with van der Waals surface area (Å²) >= 11 is 0. The van der Waals surface area contributed by atoms with Crippen molar-refractivity contribution in [2.24, 2.45) is 7.05 Å². The molecule has 1 aliphatic heterocycles. The van der Waals surface area contributed by atoms with E-state index in [1.165, 1.54) is 17.0 Å². The molecule has 12 heteroatoms. The third-order valence-corrected chi connectivity index (χ3v) is 7.91. The van der Waals surface area contributed by atoms with E-state index in [1.807, 2.05) is 0 Å². The highest BCUT2D eigenvalue weighted by atomic mass is 19.4. The molecular formula is C30H26F3N7O2. The molecule has 1 aliphatic carbocycles. The molecule has 42 heavy (non-hydrogen) atoms. The summed E-state index contributed by atoms with van der Waals surface area (Å²) in [6, 6.07) is 14.1. The average molecular weight is 574 g/mol. The number of fused-ring (bicyclic) bond motifs is 1. The predicted octanol–water partition coefficient (Wildman–Crippen LogP) is 5.31. The number of hydrogen-bond donors (Lipinski definition) is 2. The molecule has 0 radical (unpaired) electrons. The largest absolute Gasteiger partial charge is 0.416 e. The van der Waals surface area contributed by atoms with Crippen molar-refractivity contribution >= 4 is 17.5 Å². The maximum Gasteiger partial charge on any atom is 0.416 e. The van der Waals surface area contributed by atoms with E-state index in [1.54, 1.807) is 48.3 Å². The van der Waals surface area contributed by atoms with Gasteiger partial charge in [-0.3, -0.25) is 9.69 Å². The standard InChI is InChI=1S/C30H26F3N7O2/c1-39-17-36-38-27(39)20-8-7-18(14-34)11-22(20)19-12-25(35-16-29(42)9-2-3-10-29)37-26(13-19)40-15-23-21(28(40)41)5-4-6-24(23)30(31,32)33/h4-8,11-13,17,42H,2-3,9-10,15-16H2,1H3,(H,35,37). The van der Waals surface area contributed by atoms with Gasteiger partial charge in [0, 0.05) is 24.7 Å². The summed E-state index contributed by atoms with van der Waals surface area (Å²) in [5.41, 5.74) is 0.267. The lowest BCUT2D eigenvalue weighted by molar-refractivity contribution is -0.138. The van der Waals surface area contributed by atoms with E-state index >= 15 is 0 Å². The Morgan fingerprint density at radius 3 is 2.57 bits per heavy atom. The van der Waals surface area contributed by atoms with E-state index in [2.05, 4.69) is 26.6 Å². The number of nitrogens with zero attached hydrogens (tertiary/aromatic N) is 6. The third-order valence-electron chi connectivity index (χ3n) is 7.91. The van der Waals surface area contributed by atoms with Gasteiger partial charge in [0.1, 0.15) is 18.0 Å². The molecule has 9 nitrogen and oxygen atoms in total. The molecule has 2 aliphatic rings. The van der Waals surface area contributed by atoms with Crippen LogP contribution in [0.1, 0.15) is 52.7 Å². The second-order valence-corrected chi connectivity index (χ2v) is 10.7. The summed E-state index contributed by atoms with van der Waals surface area (Å²) < 4.78 is 43.1. The van der Waals surface area contributed by atoms with Gasteiger partial charge in [0.15, 0.2) is 5.82 Å². The van der Waals surface area contributed by atoms with Crippen LogP contribution in [0, 0.1) is 11.3 Å². The van der Waals surface area contributed by atoms with E-state index in [0.29, 0.717) is 46.7 Å². The first-order chi connectivity index (χ1) is 20.1. The lowest BCUT2D eigenvalue weighted by atomic mass is 9.97. The molecule has 0 bridgehead atoms. The molecule has 2 N–H and O–H groups in total. The summed E-state index contributed by atoms with van der Waals surface area (Å²) in [5, 5.41) is 32.0. The average Bonchev–Trinajstić information content (AvgIpc) is 3.69. The quantitative estimate of drug-likeness (QED) is 0.321. The minimum absolute atomic E-state index is 0.0296. The van der Waals surface area contributed by atoms with Gasteiger partial charge in [-0.15, -0.1) is 10.2 Å². The summed E-state index contributed by atoms with van der Waals surface area (Å²) in [5.74, 6) is 0.394. The molecule has 4 aromatic rings. The number of pyridine rings is 1. The molecule has 1 saturated carbocycles. The van der Waals surface area contributed by atoms with Gasteiger partial charge >= 0.3 is 6.18 Å². The fourth-order valence-electron chi connectivity index (χ4n) is 5.72. The zero-order valence-corrected chi connectivity index (χ0v) is 22.6. The van der Waals surface area contributed by atoms with Crippen LogP contribution in [0.2, 0.25) is 0 Å². The number of carbonyl (C=O) groups is 1. The van der Waals surface area contributed by atoms with Gasteiger partial charge in [-0.05, 0) is 72.0 Å². The Kier molecular flexibility index (Phi) is 6.69. The molecule has 6 rings (SSSR count). The summed E-state index contributed by atoms with van der Waals surface area (Å²) in [6.45, 7) is -0.0955. The molecule has 0 unspecified atom stereocenters. The van der Waals surface area contributed by atoms with Crippen LogP contribution in [-0.2, 0) is 19.8 Å². The second-order valence-electron chi connectivity index (χ2n) is 10.7. The number of alkyl halides is 3. The van der Waals surface area contributed by atoms with Gasteiger partial charge in [0.05, 0.1) is 29.3 Å². The number of nitrogens with one attached hydrogen (secondary N) is 1. The monoisotopic (exact) mass is 573 g/mol. The van der Waals surface area contributed by atoms with Crippen LogP contribution < -0.4 is 10.2 Å². The lowest BCUT2D eigenvalue weighted by Crippen LogP contribution is -2.34. The van der Waals surface area contributed by atoms with Crippen molar-refractivity contribution in [3.8, 4) is 28.6 Å². The zero-order chi connectivity index (χ0) is 29.6. The zero-order valence-electron chi connectivity index (χ0n) is 22.6. The highest BCUT2D eigenvalue weighted by Gasteiger charge is 2.40. The molecule has 1 amide bonds. The van der Waals surface area contributed by atoms with Gasteiger partial charge < -0.3 is 15.0 Å². The molecule has 2 aromatic carbocycles. The van der Waals surface area contributed by atoms with Gasteiger partial charge in [-0.2, -0.15) is 18.4 Å². The molecule has 2 aromatic heterocycles. The van der Waals surface area contributed by atoms with E-state index in [-0.39, 0.29) is 30.0 Å². The Hall–Kier alpha value is -4.76. The lowest BCUT2D eigenvalue weighted by Gasteiger charge is -2.24. The molecule has 1 fully saturated rings. The Morgan fingerprint density at radius 2 is 1.88 bits per heavy atom. The first kappa shape index (κ1) is 27.4. The van der Waals surface area contributed by atoms with Crippen LogP contribution in [0.3, 0.4) is 0 Å². The summed E-state index contributed by atoms with van der Waals surface area (Å²) in [7, 11) is 1.78. The third kappa shape index (κ3) is 4.96. The molecule has 214 valence electrons. The number of benzene rings is 2. The number of aromatic nitrogens is 4. The normalized spacial score (nSPS) is 16.0. The first-order valence-corrected chi connectivity index (χ1v) is 13.4. The van der Waals surface area contributed by atoms with Crippen molar-refractivity contribution in [1.29, 1.82) is 5.26 Å². The number of nitriles is 1. The number of halogens is 3. The van der Waals surface area contributed by atoms with Crippen molar-refractivity contribution in [2.75, 3.05) is 16.8 Å². The van der Waals surface area contributed by atoms with Gasteiger partial charge in [-0.1, -0.05) is 18.9 Å². The fraction of sp³-hybridized carbons (Fsp3) is 0.300. The smallest absolute Gasteiger partial charge is 0.388 e. The SMILES string of the molecule is Cn1cnnc1-c1ccc(C#N)cc1-c1cc(NCC2(O)CCCC2)nc(N2Cc3c(cccc3C(F)(F)F)C2=O)c1. The van der Waals surface area contributed by atoms with Crippen LogP contribution in [0.15, 0.2) is 54.9 Å². The Morgan fingerprint density at radius 1 is 1.10 bits per heavy atom. The minimum atomic E-state index is -4.62. The topological polar surface area (TPSA) is 120 Å².